The van der Waals surface area contributed by atoms with Gasteiger partial charge in [-0.2, -0.15) is 11.8 Å². The average Bonchev–Trinajstić information content (AvgIpc) is 2.19. The van der Waals surface area contributed by atoms with Gasteiger partial charge in [-0.1, -0.05) is 0 Å². The van der Waals surface area contributed by atoms with Crippen LogP contribution in [-0.2, 0) is 6.54 Å². The minimum absolute atomic E-state index is 0.844. The molecule has 1 aromatic heterocycles. The van der Waals surface area contributed by atoms with Gasteiger partial charge in [0.15, 0.2) is 0 Å². The maximum Gasteiger partial charge on any atom is 0.115 e. The first kappa shape index (κ1) is 10.5. The van der Waals surface area contributed by atoms with Crippen molar-refractivity contribution in [2.24, 2.45) is 0 Å². The van der Waals surface area contributed by atoms with Gasteiger partial charge in [0.1, 0.15) is 6.33 Å². The second kappa shape index (κ2) is 6.86. The van der Waals surface area contributed by atoms with Gasteiger partial charge in [-0.15, -0.1) is 0 Å². The minimum Gasteiger partial charge on any atom is -0.311 e. The number of hydrogen-bond acceptors (Lipinski definition) is 4. The summed E-state index contributed by atoms with van der Waals surface area (Å²) in [7, 11) is 0. The molecule has 1 aromatic rings. The first-order valence-corrected chi connectivity index (χ1v) is 5.77. The molecule has 4 heteroatoms. The molecule has 0 aliphatic carbocycles. The smallest absolute Gasteiger partial charge is 0.115 e. The molecule has 0 aliphatic rings. The molecule has 0 aliphatic heterocycles. The maximum atomic E-state index is 4.12. The lowest BCUT2D eigenvalue weighted by atomic mass is 10.4. The van der Waals surface area contributed by atoms with Crippen molar-refractivity contribution in [3.63, 3.8) is 0 Å². The average molecular weight is 197 g/mol. The monoisotopic (exact) mass is 197 g/mol. The van der Waals surface area contributed by atoms with Crippen LogP contribution in [0.3, 0.4) is 0 Å². The second-order valence-corrected chi connectivity index (χ2v) is 3.71. The number of hydrogen-bond donors (Lipinski definition) is 1. The number of nitrogens with zero attached hydrogens (tertiary/aromatic N) is 2. The van der Waals surface area contributed by atoms with E-state index in [1.54, 1.807) is 12.5 Å². The van der Waals surface area contributed by atoms with E-state index in [1.807, 2.05) is 17.8 Å². The normalized spacial score (nSPS) is 10.2. The van der Waals surface area contributed by atoms with Crippen LogP contribution in [0, 0.1) is 0 Å². The molecule has 0 fully saturated rings. The molecular formula is C9H15N3S. The summed E-state index contributed by atoms with van der Waals surface area (Å²) >= 11 is 1.88. The summed E-state index contributed by atoms with van der Waals surface area (Å²) in [6.45, 7) is 1.90. The fraction of sp³-hybridized carbons (Fsp3) is 0.556. The highest BCUT2D eigenvalue weighted by Crippen LogP contribution is 1.94. The number of thioether (sulfide) groups is 1. The lowest BCUT2D eigenvalue weighted by Gasteiger charge is -2.02. The molecule has 72 valence electrons. The number of aromatic nitrogens is 2. The third kappa shape index (κ3) is 4.85. The van der Waals surface area contributed by atoms with E-state index >= 15 is 0 Å². The maximum absolute atomic E-state index is 4.12. The van der Waals surface area contributed by atoms with Gasteiger partial charge in [0, 0.05) is 12.7 Å². The molecule has 0 unspecified atom stereocenters. The summed E-state index contributed by atoms with van der Waals surface area (Å²) in [5.41, 5.74) is 1.05. The Morgan fingerprint density at radius 2 is 2.46 bits per heavy atom. The lowest BCUT2D eigenvalue weighted by molar-refractivity contribution is 0.666. The Hall–Kier alpha value is -0.610. The van der Waals surface area contributed by atoms with E-state index in [0.29, 0.717) is 0 Å². The lowest BCUT2D eigenvalue weighted by Crippen LogP contribution is -2.16. The molecule has 13 heavy (non-hydrogen) atoms. The highest BCUT2D eigenvalue weighted by Gasteiger charge is 1.91. The second-order valence-electron chi connectivity index (χ2n) is 2.72. The summed E-state index contributed by atoms with van der Waals surface area (Å²) in [6, 6.07) is 1.93. The first-order valence-electron chi connectivity index (χ1n) is 4.38. The zero-order chi connectivity index (χ0) is 9.36. The van der Waals surface area contributed by atoms with Gasteiger partial charge in [-0.05, 0) is 31.0 Å². The minimum atomic E-state index is 0.844. The molecule has 0 bridgehead atoms. The van der Waals surface area contributed by atoms with Crippen molar-refractivity contribution in [3.05, 3.63) is 24.3 Å². The Balaban J connectivity index is 2.07. The summed E-state index contributed by atoms with van der Waals surface area (Å²) in [5, 5.41) is 3.33. The van der Waals surface area contributed by atoms with E-state index in [4.69, 9.17) is 0 Å². The molecule has 1 N–H and O–H groups in total. The Morgan fingerprint density at radius 3 is 3.15 bits per heavy atom. The van der Waals surface area contributed by atoms with Crippen LogP contribution < -0.4 is 5.32 Å². The van der Waals surface area contributed by atoms with Gasteiger partial charge in [0.05, 0.1) is 5.69 Å². The van der Waals surface area contributed by atoms with E-state index in [9.17, 15) is 0 Å². The predicted octanol–water partition coefficient (Wildman–Crippen LogP) is 1.32. The van der Waals surface area contributed by atoms with E-state index in [-0.39, 0.29) is 0 Å². The topological polar surface area (TPSA) is 37.8 Å². The van der Waals surface area contributed by atoms with Crippen molar-refractivity contribution in [2.45, 2.75) is 13.0 Å². The number of rotatable bonds is 6. The molecular weight excluding hydrogens is 182 g/mol. The molecule has 1 heterocycles. The zero-order valence-corrected chi connectivity index (χ0v) is 8.68. The van der Waals surface area contributed by atoms with Crippen LogP contribution in [0.2, 0.25) is 0 Å². The van der Waals surface area contributed by atoms with Gasteiger partial charge < -0.3 is 5.32 Å². The number of nitrogens with one attached hydrogen (secondary N) is 1. The molecule has 0 atom stereocenters. The van der Waals surface area contributed by atoms with E-state index < -0.39 is 0 Å². The van der Waals surface area contributed by atoms with Crippen molar-refractivity contribution in [2.75, 3.05) is 18.6 Å². The Kier molecular flexibility index (Phi) is 5.52. The molecule has 1 rings (SSSR count). The fourth-order valence-electron chi connectivity index (χ4n) is 0.981. The fourth-order valence-corrected chi connectivity index (χ4v) is 1.41. The first-order chi connectivity index (χ1) is 6.43. The van der Waals surface area contributed by atoms with Crippen LogP contribution in [-0.4, -0.2) is 28.5 Å². The van der Waals surface area contributed by atoms with Gasteiger partial charge in [-0.3, -0.25) is 0 Å². The highest BCUT2D eigenvalue weighted by atomic mass is 32.2. The third-order valence-corrected chi connectivity index (χ3v) is 2.35. The molecule has 3 nitrogen and oxygen atoms in total. The molecule has 0 radical (unpaired) electrons. The Bertz CT molecular complexity index is 215. The largest absolute Gasteiger partial charge is 0.311 e. The third-order valence-electron chi connectivity index (χ3n) is 1.65. The van der Waals surface area contributed by atoms with Crippen LogP contribution in [0.5, 0.6) is 0 Å². The van der Waals surface area contributed by atoms with Crippen LogP contribution in [0.25, 0.3) is 0 Å². The molecule has 0 spiro atoms. The van der Waals surface area contributed by atoms with Crippen molar-refractivity contribution < 1.29 is 0 Å². The molecule has 0 amide bonds. The summed E-state index contributed by atoms with van der Waals surface area (Å²) in [6.07, 6.45) is 6.70. The summed E-state index contributed by atoms with van der Waals surface area (Å²) in [4.78, 5) is 7.98. The summed E-state index contributed by atoms with van der Waals surface area (Å²) in [5.74, 6) is 1.22. The molecule has 0 saturated carbocycles. The van der Waals surface area contributed by atoms with E-state index in [1.165, 1.54) is 12.2 Å². The van der Waals surface area contributed by atoms with E-state index in [2.05, 4.69) is 21.5 Å². The molecule has 0 aromatic carbocycles. The molecule has 0 saturated heterocycles. The van der Waals surface area contributed by atoms with Crippen molar-refractivity contribution in [1.29, 1.82) is 0 Å². The summed E-state index contributed by atoms with van der Waals surface area (Å²) < 4.78 is 0. The van der Waals surface area contributed by atoms with Crippen LogP contribution in [0.1, 0.15) is 12.1 Å². The van der Waals surface area contributed by atoms with Crippen molar-refractivity contribution in [1.82, 2.24) is 15.3 Å². The quantitative estimate of drug-likeness (QED) is 0.698. The zero-order valence-electron chi connectivity index (χ0n) is 7.86. The van der Waals surface area contributed by atoms with Crippen molar-refractivity contribution in [3.8, 4) is 0 Å². The van der Waals surface area contributed by atoms with Gasteiger partial charge in [-0.25, -0.2) is 9.97 Å². The van der Waals surface area contributed by atoms with E-state index in [0.717, 1.165) is 18.8 Å². The van der Waals surface area contributed by atoms with Crippen LogP contribution in [0.15, 0.2) is 18.6 Å². The predicted molar refractivity (Wildman–Crippen MR) is 56.7 cm³/mol. The van der Waals surface area contributed by atoms with Gasteiger partial charge in [0.2, 0.25) is 0 Å². The van der Waals surface area contributed by atoms with Crippen LogP contribution in [0.4, 0.5) is 0 Å². The standard InChI is InChI=1S/C9H15N3S/c1-13-6-2-4-10-7-9-3-5-11-8-12-9/h3,5,8,10H,2,4,6-7H2,1H3. The van der Waals surface area contributed by atoms with Crippen LogP contribution >= 0.6 is 11.8 Å². The SMILES string of the molecule is CSCCCNCc1ccncn1. The Labute approximate surface area is 83.4 Å². The van der Waals surface area contributed by atoms with Gasteiger partial charge in [0.25, 0.3) is 0 Å². The Morgan fingerprint density at radius 1 is 1.54 bits per heavy atom. The highest BCUT2D eigenvalue weighted by molar-refractivity contribution is 7.98. The van der Waals surface area contributed by atoms with Gasteiger partial charge >= 0.3 is 0 Å². The van der Waals surface area contributed by atoms with Crippen molar-refractivity contribution >= 4 is 11.8 Å².